The highest BCUT2D eigenvalue weighted by Crippen LogP contribution is 2.21. The molecule has 2 N–H and O–H groups in total. The maximum absolute atomic E-state index is 11.2. The predicted molar refractivity (Wildman–Crippen MR) is 83.1 cm³/mol. The van der Waals surface area contributed by atoms with E-state index >= 15 is 0 Å². The van der Waals surface area contributed by atoms with Crippen LogP contribution in [0.25, 0.3) is 10.7 Å². The maximum atomic E-state index is 11.2. The number of rotatable bonds is 5. The zero-order valence-electron chi connectivity index (χ0n) is 12.4. The van der Waals surface area contributed by atoms with Gasteiger partial charge in [-0.05, 0) is 18.4 Å². The summed E-state index contributed by atoms with van der Waals surface area (Å²) in [6.45, 7) is 5.83. The molecule has 0 saturated carbocycles. The van der Waals surface area contributed by atoms with Crippen molar-refractivity contribution in [1.29, 1.82) is 0 Å². The van der Waals surface area contributed by atoms with Gasteiger partial charge in [0.05, 0.1) is 17.5 Å². The molecule has 7 nitrogen and oxygen atoms in total. The summed E-state index contributed by atoms with van der Waals surface area (Å²) in [6, 6.07) is 3.73. The molecule has 1 saturated heterocycles. The molecule has 0 spiro atoms. The van der Waals surface area contributed by atoms with Crippen LogP contribution in [0.3, 0.4) is 0 Å². The molecule has 0 bridgehead atoms. The third-order valence-corrected chi connectivity index (χ3v) is 4.80. The van der Waals surface area contributed by atoms with Gasteiger partial charge in [-0.25, -0.2) is 0 Å². The van der Waals surface area contributed by atoms with Crippen molar-refractivity contribution in [2.45, 2.75) is 19.5 Å². The minimum Gasteiger partial charge on any atom is -0.368 e. The van der Waals surface area contributed by atoms with Crippen molar-refractivity contribution in [1.82, 2.24) is 19.9 Å². The van der Waals surface area contributed by atoms with Crippen molar-refractivity contribution in [2.24, 2.45) is 5.73 Å². The van der Waals surface area contributed by atoms with Gasteiger partial charge in [-0.1, -0.05) is 11.2 Å². The molecule has 118 valence electrons. The molecule has 1 amide bonds. The van der Waals surface area contributed by atoms with Crippen LogP contribution in [-0.2, 0) is 11.3 Å². The molecule has 1 aliphatic rings. The molecule has 0 aromatic carbocycles. The fourth-order valence-electron chi connectivity index (χ4n) is 2.50. The lowest BCUT2D eigenvalue weighted by Crippen LogP contribution is -2.52. The highest BCUT2D eigenvalue weighted by atomic mass is 32.1. The van der Waals surface area contributed by atoms with Crippen molar-refractivity contribution < 1.29 is 9.32 Å². The van der Waals surface area contributed by atoms with Gasteiger partial charge in [-0.15, -0.1) is 11.3 Å². The van der Waals surface area contributed by atoms with Gasteiger partial charge >= 0.3 is 0 Å². The summed E-state index contributed by atoms with van der Waals surface area (Å²) in [4.78, 5) is 21.0. The normalized spacial score (nSPS) is 18.4. The zero-order valence-corrected chi connectivity index (χ0v) is 13.3. The summed E-state index contributed by atoms with van der Waals surface area (Å²) in [5.74, 6) is 0.997. The van der Waals surface area contributed by atoms with E-state index in [2.05, 4.69) is 19.9 Å². The number of hydrogen-bond donors (Lipinski definition) is 1. The molecule has 1 fully saturated rings. The Morgan fingerprint density at radius 1 is 1.45 bits per heavy atom. The van der Waals surface area contributed by atoms with Crippen LogP contribution in [0.5, 0.6) is 0 Å². The van der Waals surface area contributed by atoms with Gasteiger partial charge in [0, 0.05) is 26.2 Å². The fourth-order valence-corrected chi connectivity index (χ4v) is 3.15. The molecule has 3 rings (SSSR count). The standard InChI is InChI=1S/C14H19N5O2S/c1-10(13(15)20)19-6-4-18(5-7-19)9-12-16-14(17-21-12)11-3-2-8-22-11/h2-3,8,10H,4-7,9H2,1H3,(H2,15,20)/t10-/m1/s1. The topological polar surface area (TPSA) is 88.5 Å². The van der Waals surface area contributed by atoms with Crippen LogP contribution in [0, 0.1) is 0 Å². The number of piperazine rings is 1. The Labute approximate surface area is 132 Å². The third kappa shape index (κ3) is 3.34. The number of thiophene rings is 1. The maximum Gasteiger partial charge on any atom is 0.241 e. The van der Waals surface area contributed by atoms with Crippen molar-refractivity contribution in [3.05, 3.63) is 23.4 Å². The predicted octanol–water partition coefficient (Wildman–Crippen LogP) is 0.789. The minimum atomic E-state index is -0.272. The van der Waals surface area contributed by atoms with E-state index in [0.717, 1.165) is 31.1 Å². The van der Waals surface area contributed by atoms with Crippen LogP contribution >= 0.6 is 11.3 Å². The number of aromatic nitrogens is 2. The van der Waals surface area contributed by atoms with E-state index in [0.29, 0.717) is 18.3 Å². The summed E-state index contributed by atoms with van der Waals surface area (Å²) in [7, 11) is 0. The van der Waals surface area contributed by atoms with E-state index in [1.54, 1.807) is 11.3 Å². The first-order valence-electron chi connectivity index (χ1n) is 7.25. The Morgan fingerprint density at radius 3 is 2.86 bits per heavy atom. The molecule has 3 heterocycles. The molecule has 2 aromatic rings. The molecule has 2 aromatic heterocycles. The van der Waals surface area contributed by atoms with Crippen LogP contribution in [0.4, 0.5) is 0 Å². The number of amides is 1. The molecular formula is C14H19N5O2S. The molecule has 0 radical (unpaired) electrons. The number of nitrogens with two attached hydrogens (primary N) is 1. The second-order valence-electron chi connectivity index (χ2n) is 5.38. The highest BCUT2D eigenvalue weighted by molar-refractivity contribution is 7.13. The Balaban J connectivity index is 1.54. The SMILES string of the molecule is C[C@H](C(N)=O)N1CCN(Cc2nc(-c3cccs3)no2)CC1. The lowest BCUT2D eigenvalue weighted by Gasteiger charge is -2.36. The number of carbonyl (C=O) groups is 1. The monoisotopic (exact) mass is 321 g/mol. The van der Waals surface area contributed by atoms with Crippen LogP contribution < -0.4 is 5.73 Å². The summed E-state index contributed by atoms with van der Waals surface area (Å²) < 4.78 is 5.32. The Morgan fingerprint density at radius 2 is 2.23 bits per heavy atom. The molecule has 1 aliphatic heterocycles. The number of nitrogens with zero attached hydrogens (tertiary/aromatic N) is 4. The average Bonchev–Trinajstić information content (AvgIpc) is 3.18. The molecule has 0 aliphatic carbocycles. The first-order chi connectivity index (χ1) is 10.6. The zero-order chi connectivity index (χ0) is 15.5. The number of carbonyl (C=O) groups excluding carboxylic acids is 1. The second kappa shape index (κ2) is 6.55. The average molecular weight is 321 g/mol. The van der Waals surface area contributed by atoms with Crippen LogP contribution in [0.15, 0.2) is 22.0 Å². The Bertz CT molecular complexity index is 619. The largest absolute Gasteiger partial charge is 0.368 e. The molecular weight excluding hydrogens is 302 g/mol. The first-order valence-corrected chi connectivity index (χ1v) is 8.13. The molecule has 0 unspecified atom stereocenters. The van der Waals surface area contributed by atoms with Gasteiger partial charge < -0.3 is 10.3 Å². The number of primary amides is 1. The summed E-state index contributed by atoms with van der Waals surface area (Å²) in [5, 5.41) is 6.01. The van der Waals surface area contributed by atoms with E-state index in [1.807, 2.05) is 24.4 Å². The summed E-state index contributed by atoms with van der Waals surface area (Å²) >= 11 is 1.59. The van der Waals surface area contributed by atoms with Crippen LogP contribution in [-0.4, -0.2) is 58.1 Å². The van der Waals surface area contributed by atoms with Crippen molar-refractivity contribution >= 4 is 17.2 Å². The summed E-state index contributed by atoms with van der Waals surface area (Å²) in [6.07, 6.45) is 0. The van der Waals surface area contributed by atoms with Crippen molar-refractivity contribution in [2.75, 3.05) is 26.2 Å². The van der Waals surface area contributed by atoms with Gasteiger partial charge in [0.2, 0.25) is 17.6 Å². The van der Waals surface area contributed by atoms with Gasteiger partial charge in [-0.2, -0.15) is 4.98 Å². The van der Waals surface area contributed by atoms with Gasteiger partial charge in [0.15, 0.2) is 0 Å². The lowest BCUT2D eigenvalue weighted by molar-refractivity contribution is -0.123. The van der Waals surface area contributed by atoms with E-state index in [-0.39, 0.29) is 11.9 Å². The van der Waals surface area contributed by atoms with E-state index in [9.17, 15) is 4.79 Å². The van der Waals surface area contributed by atoms with Crippen LogP contribution in [0.2, 0.25) is 0 Å². The second-order valence-corrected chi connectivity index (χ2v) is 6.33. The first kappa shape index (κ1) is 15.1. The molecule has 1 atom stereocenters. The lowest BCUT2D eigenvalue weighted by atomic mass is 10.2. The fraction of sp³-hybridized carbons (Fsp3) is 0.500. The van der Waals surface area contributed by atoms with Gasteiger partial charge in [0.25, 0.3) is 0 Å². The van der Waals surface area contributed by atoms with Crippen molar-refractivity contribution in [3.63, 3.8) is 0 Å². The molecule has 8 heteroatoms. The third-order valence-electron chi connectivity index (χ3n) is 3.93. The quantitative estimate of drug-likeness (QED) is 0.876. The van der Waals surface area contributed by atoms with Gasteiger partial charge in [0.1, 0.15) is 0 Å². The minimum absolute atomic E-state index is 0.212. The molecule has 22 heavy (non-hydrogen) atoms. The van der Waals surface area contributed by atoms with E-state index in [4.69, 9.17) is 10.3 Å². The Hall–Kier alpha value is -1.77. The van der Waals surface area contributed by atoms with Crippen molar-refractivity contribution in [3.8, 4) is 10.7 Å². The Kier molecular flexibility index (Phi) is 4.51. The van der Waals surface area contributed by atoms with E-state index < -0.39 is 0 Å². The smallest absolute Gasteiger partial charge is 0.241 e. The number of hydrogen-bond acceptors (Lipinski definition) is 7. The van der Waals surface area contributed by atoms with Crippen LogP contribution in [0.1, 0.15) is 12.8 Å². The highest BCUT2D eigenvalue weighted by Gasteiger charge is 2.25. The van der Waals surface area contributed by atoms with Gasteiger partial charge in [-0.3, -0.25) is 14.6 Å². The van der Waals surface area contributed by atoms with E-state index in [1.165, 1.54) is 0 Å². The summed E-state index contributed by atoms with van der Waals surface area (Å²) in [5.41, 5.74) is 5.35.